The van der Waals surface area contributed by atoms with E-state index in [2.05, 4.69) is 26.2 Å². The van der Waals surface area contributed by atoms with Crippen molar-refractivity contribution in [2.75, 3.05) is 5.32 Å². The number of anilines is 1. The summed E-state index contributed by atoms with van der Waals surface area (Å²) in [7, 11) is 0. The number of thiazole rings is 1. The molecule has 0 spiro atoms. The fourth-order valence-corrected chi connectivity index (χ4v) is 3.32. The zero-order valence-electron chi connectivity index (χ0n) is 13.0. The van der Waals surface area contributed by atoms with Crippen LogP contribution in [0.1, 0.15) is 15.2 Å². The molecule has 1 N–H and O–H groups in total. The van der Waals surface area contributed by atoms with Crippen LogP contribution in [-0.4, -0.2) is 15.8 Å². The van der Waals surface area contributed by atoms with Crippen LogP contribution in [0.3, 0.4) is 0 Å². The molecule has 0 saturated heterocycles. The van der Waals surface area contributed by atoms with Crippen LogP contribution in [0.4, 0.5) is 10.8 Å². The number of aryl methyl sites for hydroxylation is 1. The molecule has 0 aliphatic heterocycles. The molecule has 8 heteroatoms. The Morgan fingerprint density at radius 1 is 1.16 bits per heavy atom. The summed E-state index contributed by atoms with van der Waals surface area (Å²) in [6.45, 7) is 1.94. The number of hydrogen-bond acceptors (Lipinski definition) is 5. The minimum atomic E-state index is -0.504. The van der Waals surface area contributed by atoms with Gasteiger partial charge < -0.3 is 0 Å². The molecule has 0 saturated carbocycles. The molecule has 1 heterocycles. The van der Waals surface area contributed by atoms with Crippen LogP contribution in [0, 0.1) is 17.0 Å². The zero-order valence-corrected chi connectivity index (χ0v) is 15.4. The molecule has 0 radical (unpaired) electrons. The van der Waals surface area contributed by atoms with Gasteiger partial charge in [0.15, 0.2) is 5.13 Å². The third kappa shape index (κ3) is 3.92. The number of aromatic nitrogens is 1. The van der Waals surface area contributed by atoms with Gasteiger partial charge in [0, 0.05) is 32.6 Å². The Morgan fingerprint density at radius 2 is 1.80 bits per heavy atom. The van der Waals surface area contributed by atoms with Crippen molar-refractivity contribution in [3.8, 4) is 11.3 Å². The summed E-state index contributed by atoms with van der Waals surface area (Å²) in [5.74, 6) is -0.356. The lowest BCUT2D eigenvalue weighted by Crippen LogP contribution is -2.11. The SMILES string of the molecule is Cc1sc(NC(=O)c2ccc([N+](=O)[O-])cc2)nc1-c1ccc(Br)cc1. The molecule has 0 aliphatic rings. The first-order valence-corrected chi connectivity index (χ1v) is 8.84. The second-order valence-corrected chi connectivity index (χ2v) is 7.31. The molecule has 0 aliphatic carbocycles. The van der Waals surface area contributed by atoms with Gasteiger partial charge in [0.2, 0.25) is 0 Å². The molecule has 3 aromatic rings. The predicted octanol–water partition coefficient (Wildman–Crippen LogP) is 5.04. The van der Waals surface area contributed by atoms with Crippen molar-refractivity contribution in [3.63, 3.8) is 0 Å². The number of amides is 1. The number of halogens is 1. The minimum Gasteiger partial charge on any atom is -0.298 e. The third-order valence-electron chi connectivity index (χ3n) is 3.48. The molecule has 1 amide bonds. The zero-order chi connectivity index (χ0) is 18.0. The van der Waals surface area contributed by atoms with Gasteiger partial charge in [-0.1, -0.05) is 28.1 Å². The molecule has 0 bridgehead atoms. The maximum Gasteiger partial charge on any atom is 0.269 e. The Balaban J connectivity index is 1.79. The second kappa shape index (κ2) is 7.12. The highest BCUT2D eigenvalue weighted by Gasteiger charge is 2.14. The van der Waals surface area contributed by atoms with Crippen LogP contribution in [0.25, 0.3) is 11.3 Å². The van der Waals surface area contributed by atoms with E-state index in [1.807, 2.05) is 31.2 Å². The Kier molecular flexibility index (Phi) is 4.91. The molecule has 0 atom stereocenters. The van der Waals surface area contributed by atoms with E-state index in [-0.39, 0.29) is 11.6 Å². The Morgan fingerprint density at radius 3 is 2.40 bits per heavy atom. The van der Waals surface area contributed by atoms with Crippen molar-refractivity contribution in [1.29, 1.82) is 0 Å². The largest absolute Gasteiger partial charge is 0.298 e. The lowest BCUT2D eigenvalue weighted by Gasteiger charge is -2.01. The molecular formula is C17H12BrN3O3S. The number of non-ortho nitro benzene ring substituents is 1. The van der Waals surface area contributed by atoms with Crippen LogP contribution in [0.5, 0.6) is 0 Å². The number of nitrogens with zero attached hydrogens (tertiary/aromatic N) is 2. The van der Waals surface area contributed by atoms with Crippen LogP contribution in [0.2, 0.25) is 0 Å². The smallest absolute Gasteiger partial charge is 0.269 e. The first-order chi connectivity index (χ1) is 11.9. The van der Waals surface area contributed by atoms with Crippen molar-refractivity contribution in [2.24, 2.45) is 0 Å². The van der Waals surface area contributed by atoms with Crippen molar-refractivity contribution in [1.82, 2.24) is 4.98 Å². The number of nitrogens with one attached hydrogen (secondary N) is 1. The van der Waals surface area contributed by atoms with Gasteiger partial charge in [0.25, 0.3) is 11.6 Å². The van der Waals surface area contributed by atoms with Crippen LogP contribution in [-0.2, 0) is 0 Å². The van der Waals surface area contributed by atoms with E-state index in [0.717, 1.165) is 20.6 Å². The second-order valence-electron chi connectivity index (χ2n) is 5.19. The van der Waals surface area contributed by atoms with E-state index >= 15 is 0 Å². The highest BCUT2D eigenvalue weighted by Crippen LogP contribution is 2.31. The average molecular weight is 418 g/mol. The van der Waals surface area contributed by atoms with Gasteiger partial charge in [-0.15, -0.1) is 11.3 Å². The van der Waals surface area contributed by atoms with Gasteiger partial charge in [-0.05, 0) is 31.2 Å². The number of benzene rings is 2. The third-order valence-corrected chi connectivity index (χ3v) is 4.89. The molecule has 126 valence electrons. The van der Waals surface area contributed by atoms with E-state index in [1.54, 1.807) is 0 Å². The monoisotopic (exact) mass is 417 g/mol. The van der Waals surface area contributed by atoms with Gasteiger partial charge >= 0.3 is 0 Å². The summed E-state index contributed by atoms with van der Waals surface area (Å²) in [5, 5.41) is 13.9. The molecule has 2 aromatic carbocycles. The van der Waals surface area contributed by atoms with E-state index in [1.165, 1.54) is 35.6 Å². The Labute approximate surface area is 155 Å². The summed E-state index contributed by atoms with van der Waals surface area (Å²) in [5.41, 5.74) is 2.06. The van der Waals surface area contributed by atoms with Gasteiger partial charge in [0.05, 0.1) is 10.6 Å². The molecular weight excluding hydrogens is 406 g/mol. The minimum absolute atomic E-state index is 0.0563. The molecule has 3 rings (SSSR count). The summed E-state index contributed by atoms with van der Waals surface area (Å²) < 4.78 is 0.982. The van der Waals surface area contributed by atoms with Crippen molar-refractivity contribution >= 4 is 44.0 Å². The predicted molar refractivity (Wildman–Crippen MR) is 101 cm³/mol. The van der Waals surface area contributed by atoms with Gasteiger partial charge in [0.1, 0.15) is 0 Å². The van der Waals surface area contributed by atoms with Gasteiger partial charge in [-0.25, -0.2) is 4.98 Å². The van der Waals surface area contributed by atoms with E-state index in [9.17, 15) is 14.9 Å². The number of carbonyl (C=O) groups is 1. The maximum absolute atomic E-state index is 12.3. The first-order valence-electron chi connectivity index (χ1n) is 7.23. The Hall–Kier alpha value is -2.58. The molecule has 1 aromatic heterocycles. The number of rotatable bonds is 4. The van der Waals surface area contributed by atoms with Crippen LogP contribution < -0.4 is 5.32 Å². The number of nitro benzene ring substituents is 1. The maximum atomic E-state index is 12.3. The van der Waals surface area contributed by atoms with Gasteiger partial charge in [-0.2, -0.15) is 0 Å². The summed E-state index contributed by atoms with van der Waals surface area (Å²) in [4.78, 5) is 27.9. The van der Waals surface area contributed by atoms with E-state index in [0.29, 0.717) is 10.7 Å². The summed E-state index contributed by atoms with van der Waals surface area (Å²) in [6, 6.07) is 13.2. The van der Waals surface area contributed by atoms with Crippen LogP contribution >= 0.6 is 27.3 Å². The van der Waals surface area contributed by atoms with Crippen molar-refractivity contribution in [3.05, 3.63) is 73.6 Å². The van der Waals surface area contributed by atoms with Crippen LogP contribution in [0.15, 0.2) is 53.0 Å². The lowest BCUT2D eigenvalue weighted by atomic mass is 10.1. The number of nitro groups is 1. The first kappa shape index (κ1) is 17.2. The number of carbonyl (C=O) groups excluding carboxylic acids is 1. The molecule has 6 nitrogen and oxygen atoms in total. The summed E-state index contributed by atoms with van der Waals surface area (Å²) in [6.07, 6.45) is 0. The van der Waals surface area contributed by atoms with Gasteiger partial charge in [-0.3, -0.25) is 20.2 Å². The quantitative estimate of drug-likeness (QED) is 0.475. The fourth-order valence-electron chi connectivity index (χ4n) is 2.23. The van der Waals surface area contributed by atoms with Crippen molar-refractivity contribution in [2.45, 2.75) is 6.92 Å². The molecule has 0 unspecified atom stereocenters. The van der Waals surface area contributed by atoms with E-state index < -0.39 is 4.92 Å². The summed E-state index contributed by atoms with van der Waals surface area (Å²) >= 11 is 4.78. The topological polar surface area (TPSA) is 85.1 Å². The Bertz CT molecular complexity index is 937. The lowest BCUT2D eigenvalue weighted by molar-refractivity contribution is -0.384. The normalized spacial score (nSPS) is 10.5. The highest BCUT2D eigenvalue weighted by molar-refractivity contribution is 9.10. The average Bonchev–Trinajstić information content (AvgIpc) is 2.96. The fraction of sp³-hybridized carbons (Fsp3) is 0.0588. The number of hydrogen-bond donors (Lipinski definition) is 1. The molecule has 25 heavy (non-hydrogen) atoms. The van der Waals surface area contributed by atoms with E-state index in [4.69, 9.17) is 0 Å². The standard InChI is InChI=1S/C17H12BrN3O3S/c1-10-15(11-2-6-13(18)7-3-11)19-17(25-10)20-16(22)12-4-8-14(9-5-12)21(23)24/h2-9H,1H3,(H,19,20,22). The molecule has 0 fully saturated rings. The highest BCUT2D eigenvalue weighted by atomic mass is 79.9. The van der Waals surface area contributed by atoms with Crippen molar-refractivity contribution < 1.29 is 9.72 Å².